The van der Waals surface area contributed by atoms with Crippen LogP contribution in [0.25, 0.3) is 0 Å². The molecule has 0 saturated heterocycles. The van der Waals surface area contributed by atoms with Gasteiger partial charge in [-0.15, -0.1) is 11.8 Å². The van der Waals surface area contributed by atoms with Crippen molar-refractivity contribution in [3.05, 3.63) is 51.3 Å². The lowest BCUT2D eigenvalue weighted by Gasteiger charge is -2.13. The summed E-state index contributed by atoms with van der Waals surface area (Å²) in [5.41, 5.74) is 2.15. The second-order valence-electron chi connectivity index (χ2n) is 5.94. The fourth-order valence-corrected chi connectivity index (χ4v) is 3.43. The molecule has 0 aliphatic rings. The van der Waals surface area contributed by atoms with E-state index in [9.17, 15) is 14.4 Å². The van der Waals surface area contributed by atoms with Gasteiger partial charge in [0.25, 0.3) is 0 Å². The molecule has 0 unspecified atom stereocenters. The van der Waals surface area contributed by atoms with Crippen molar-refractivity contribution in [1.29, 1.82) is 0 Å². The molecular weight excluding hydrogens is 374 g/mol. The van der Waals surface area contributed by atoms with Gasteiger partial charge in [0.15, 0.2) is 11.9 Å². The maximum atomic E-state index is 12.7. The van der Waals surface area contributed by atoms with E-state index in [-0.39, 0.29) is 22.1 Å². The van der Waals surface area contributed by atoms with Gasteiger partial charge in [0, 0.05) is 16.2 Å². The van der Waals surface area contributed by atoms with Crippen LogP contribution in [-0.4, -0.2) is 34.9 Å². The number of aromatic nitrogens is 1. The summed E-state index contributed by atoms with van der Waals surface area (Å²) in [4.78, 5) is 40.6. The van der Waals surface area contributed by atoms with Crippen molar-refractivity contribution < 1.29 is 19.1 Å². The predicted molar refractivity (Wildman–Crippen MR) is 103 cm³/mol. The Kier molecular flexibility index (Phi) is 6.31. The Hall–Kier alpha value is -2.05. The van der Waals surface area contributed by atoms with Gasteiger partial charge in [-0.3, -0.25) is 9.59 Å². The number of rotatable bonds is 6. The molecule has 0 fully saturated rings. The molecule has 1 aromatic carbocycles. The topological polar surface area (TPSA) is 76.2 Å². The summed E-state index contributed by atoms with van der Waals surface area (Å²) in [7, 11) is 0. The number of nitrogens with one attached hydrogen (secondary N) is 1. The monoisotopic (exact) mass is 393 g/mol. The summed E-state index contributed by atoms with van der Waals surface area (Å²) >= 11 is 7.54. The van der Waals surface area contributed by atoms with E-state index in [1.165, 1.54) is 25.6 Å². The molecule has 0 aliphatic carbocycles. The van der Waals surface area contributed by atoms with Gasteiger partial charge in [-0.05, 0) is 57.7 Å². The summed E-state index contributed by atoms with van der Waals surface area (Å²) < 4.78 is 5.31. The van der Waals surface area contributed by atoms with Crippen molar-refractivity contribution >= 4 is 40.9 Å². The molecular formula is C19H20ClNO4S. The Labute approximate surface area is 161 Å². The minimum Gasteiger partial charge on any atom is -0.451 e. The van der Waals surface area contributed by atoms with Crippen molar-refractivity contribution in [3.63, 3.8) is 0 Å². The highest BCUT2D eigenvalue weighted by atomic mass is 35.5. The number of esters is 1. The zero-order valence-corrected chi connectivity index (χ0v) is 16.8. The summed E-state index contributed by atoms with van der Waals surface area (Å²) in [5, 5.41) is 0.262. The summed E-state index contributed by atoms with van der Waals surface area (Å²) in [6, 6.07) is 5.05. The lowest BCUT2D eigenvalue weighted by molar-refractivity contribution is 0.0317. The fraction of sp³-hybridized carbons (Fsp3) is 0.316. The van der Waals surface area contributed by atoms with Crippen molar-refractivity contribution in [2.75, 3.05) is 6.26 Å². The lowest BCUT2D eigenvalue weighted by atomic mass is 10.0. The molecule has 0 bridgehead atoms. The number of carbonyl (C=O) groups is 3. The first-order valence-corrected chi connectivity index (χ1v) is 9.56. The maximum Gasteiger partial charge on any atom is 0.340 e. The quantitative estimate of drug-likeness (QED) is 0.439. The predicted octanol–water partition coefficient (Wildman–Crippen LogP) is 4.64. The normalized spacial score (nSPS) is 11.9. The number of aryl methyl sites for hydroxylation is 1. The summed E-state index contributed by atoms with van der Waals surface area (Å²) in [6.45, 7) is 6.36. The van der Waals surface area contributed by atoms with Gasteiger partial charge in [0.05, 0.1) is 16.3 Å². The minimum absolute atomic E-state index is 0.124. The molecule has 0 radical (unpaired) electrons. The molecule has 1 aromatic heterocycles. The number of benzene rings is 1. The van der Waals surface area contributed by atoms with E-state index in [4.69, 9.17) is 16.3 Å². The van der Waals surface area contributed by atoms with E-state index < -0.39 is 17.9 Å². The van der Waals surface area contributed by atoms with Crippen LogP contribution in [0, 0.1) is 13.8 Å². The summed E-state index contributed by atoms with van der Waals surface area (Å²) in [6.07, 6.45) is 0.862. The minimum atomic E-state index is -1.02. The average molecular weight is 394 g/mol. The van der Waals surface area contributed by atoms with Crippen LogP contribution in [0.3, 0.4) is 0 Å². The van der Waals surface area contributed by atoms with Gasteiger partial charge in [0.1, 0.15) is 0 Å². The Morgan fingerprint density at radius 2 is 1.88 bits per heavy atom. The number of H-pyrrole nitrogens is 1. The van der Waals surface area contributed by atoms with Crippen LogP contribution < -0.4 is 0 Å². The summed E-state index contributed by atoms with van der Waals surface area (Å²) in [5.74, 6) is -1.19. The van der Waals surface area contributed by atoms with Gasteiger partial charge in [-0.25, -0.2) is 4.79 Å². The molecule has 138 valence electrons. The van der Waals surface area contributed by atoms with Crippen LogP contribution in [-0.2, 0) is 4.74 Å². The molecule has 5 nitrogen and oxygen atoms in total. The van der Waals surface area contributed by atoms with Gasteiger partial charge in [-0.2, -0.15) is 0 Å². The Morgan fingerprint density at radius 3 is 2.42 bits per heavy atom. The van der Waals surface area contributed by atoms with Crippen LogP contribution in [0.2, 0.25) is 5.02 Å². The van der Waals surface area contributed by atoms with E-state index in [0.29, 0.717) is 16.8 Å². The Morgan fingerprint density at radius 1 is 1.23 bits per heavy atom. The maximum absolute atomic E-state index is 12.7. The van der Waals surface area contributed by atoms with Crippen molar-refractivity contribution in [2.24, 2.45) is 0 Å². The second-order valence-corrected chi connectivity index (χ2v) is 7.23. The second kappa shape index (κ2) is 8.10. The molecule has 2 aromatic rings. The van der Waals surface area contributed by atoms with E-state index in [1.54, 1.807) is 32.0 Å². The van der Waals surface area contributed by atoms with Crippen molar-refractivity contribution in [2.45, 2.75) is 38.7 Å². The smallest absolute Gasteiger partial charge is 0.340 e. The van der Waals surface area contributed by atoms with Crippen LogP contribution in [0.4, 0.5) is 0 Å². The van der Waals surface area contributed by atoms with Crippen LogP contribution in [0.15, 0.2) is 23.1 Å². The number of ether oxygens (including phenoxy) is 1. The molecule has 0 spiro atoms. The highest BCUT2D eigenvalue weighted by Crippen LogP contribution is 2.25. The Bertz CT molecular complexity index is 888. The number of aromatic amines is 1. The zero-order valence-electron chi connectivity index (χ0n) is 15.2. The van der Waals surface area contributed by atoms with Gasteiger partial charge in [0.2, 0.25) is 5.78 Å². The molecule has 0 saturated carbocycles. The first-order valence-electron chi connectivity index (χ1n) is 7.96. The third kappa shape index (κ3) is 4.02. The number of ketones is 2. The lowest BCUT2D eigenvalue weighted by Crippen LogP contribution is -2.25. The molecule has 2 rings (SSSR count). The van der Waals surface area contributed by atoms with Crippen molar-refractivity contribution in [1.82, 2.24) is 4.98 Å². The van der Waals surface area contributed by atoms with E-state index in [2.05, 4.69) is 4.98 Å². The third-order valence-electron chi connectivity index (χ3n) is 4.08. The standard InChI is InChI=1S/C19H20ClNO4S/c1-9-16(11(3)22)10(2)21-17(9)18(23)12(4)25-19(24)14-8-13(26-5)6-7-15(14)20/h6-8,12,21H,1-5H3/t12-/m1/s1. The molecule has 7 heteroatoms. The Balaban J connectivity index is 2.24. The van der Waals surface area contributed by atoms with Crippen LogP contribution in [0.5, 0.6) is 0 Å². The van der Waals surface area contributed by atoms with E-state index in [0.717, 1.165) is 4.90 Å². The van der Waals surface area contributed by atoms with Crippen LogP contribution in [0.1, 0.15) is 56.3 Å². The molecule has 0 amide bonds. The van der Waals surface area contributed by atoms with Gasteiger partial charge >= 0.3 is 5.97 Å². The zero-order chi connectivity index (χ0) is 19.6. The van der Waals surface area contributed by atoms with E-state index in [1.807, 2.05) is 6.26 Å². The first kappa shape index (κ1) is 20.3. The first-order chi connectivity index (χ1) is 12.2. The van der Waals surface area contributed by atoms with Gasteiger partial charge < -0.3 is 9.72 Å². The largest absolute Gasteiger partial charge is 0.451 e. The number of Topliss-reactive ketones (excluding diaryl/α,β-unsaturated/α-hetero) is 2. The highest BCUT2D eigenvalue weighted by molar-refractivity contribution is 7.98. The SMILES string of the molecule is CSc1ccc(Cl)c(C(=O)O[C@H](C)C(=O)c2[nH]c(C)c(C(C)=O)c2C)c1. The highest BCUT2D eigenvalue weighted by Gasteiger charge is 2.27. The number of hydrogen-bond donors (Lipinski definition) is 1. The van der Waals surface area contributed by atoms with Gasteiger partial charge in [-0.1, -0.05) is 11.6 Å². The number of hydrogen-bond acceptors (Lipinski definition) is 5. The molecule has 1 N–H and O–H groups in total. The number of thioether (sulfide) groups is 1. The molecule has 26 heavy (non-hydrogen) atoms. The molecule has 0 aliphatic heterocycles. The number of carbonyl (C=O) groups excluding carboxylic acids is 3. The molecule has 1 heterocycles. The van der Waals surface area contributed by atoms with E-state index >= 15 is 0 Å². The fourth-order valence-electron chi connectivity index (χ4n) is 2.79. The number of halogens is 1. The van der Waals surface area contributed by atoms with Crippen LogP contribution >= 0.6 is 23.4 Å². The third-order valence-corrected chi connectivity index (χ3v) is 5.14. The average Bonchev–Trinajstić information content (AvgIpc) is 2.88. The van der Waals surface area contributed by atoms with Crippen molar-refractivity contribution in [3.8, 4) is 0 Å². The molecule has 1 atom stereocenters.